The van der Waals surface area contributed by atoms with E-state index in [1.54, 1.807) is 0 Å². The van der Waals surface area contributed by atoms with Crippen LogP contribution >= 0.6 is 0 Å². The molecule has 0 amide bonds. The number of carbonyl (C=O) groups is 2. The van der Waals surface area contributed by atoms with E-state index in [4.69, 9.17) is 9.47 Å². The first-order valence-electron chi connectivity index (χ1n) is 18.9. The highest BCUT2D eigenvalue weighted by Crippen LogP contribution is 2.57. The standard InChI is InChI=1S/C44H48O4/c1-3-15-41-17-23-43(24-18-41,25-19-41)47-39(45)35-13-11-33-30-8-6-10-32-36(14-12-34(38(30)32)29-7-5-9-31(35)37(29)33)40(46)48-44-26-20-42(16-4-2,21-27-44)22-28-44/h5-14H,3-4,15-28H2,1-2H3. The number of hydrogen-bond donors (Lipinski definition) is 0. The molecule has 0 heterocycles. The molecule has 0 radical (unpaired) electrons. The summed E-state index contributed by atoms with van der Waals surface area (Å²) >= 11 is 0. The molecule has 5 aromatic rings. The Morgan fingerprint density at radius 3 is 1.17 bits per heavy atom. The van der Waals surface area contributed by atoms with Crippen molar-refractivity contribution in [2.45, 2.75) is 128 Å². The Hall–Kier alpha value is -3.66. The van der Waals surface area contributed by atoms with Crippen LogP contribution in [0.3, 0.4) is 0 Å². The third-order valence-electron chi connectivity index (χ3n) is 13.9. The second-order valence-electron chi connectivity index (χ2n) is 16.4. The zero-order valence-corrected chi connectivity index (χ0v) is 28.7. The number of rotatable bonds is 8. The van der Waals surface area contributed by atoms with Gasteiger partial charge in [-0.05, 0) is 156 Å². The van der Waals surface area contributed by atoms with Crippen LogP contribution in [0, 0.1) is 10.8 Å². The molecule has 6 saturated carbocycles. The molecule has 0 unspecified atom stereocenters. The van der Waals surface area contributed by atoms with Crippen molar-refractivity contribution in [2.75, 3.05) is 0 Å². The number of ether oxygens (including phenoxy) is 2. The van der Waals surface area contributed by atoms with Gasteiger partial charge in [-0.2, -0.15) is 0 Å². The lowest BCUT2D eigenvalue weighted by molar-refractivity contribution is -0.106. The molecule has 4 heteroatoms. The third-order valence-corrected chi connectivity index (χ3v) is 13.9. The summed E-state index contributed by atoms with van der Waals surface area (Å²) in [4.78, 5) is 28.0. The van der Waals surface area contributed by atoms with Crippen molar-refractivity contribution in [3.05, 3.63) is 71.8 Å². The van der Waals surface area contributed by atoms with Crippen molar-refractivity contribution in [1.29, 1.82) is 0 Å². The largest absolute Gasteiger partial charge is 0.455 e. The van der Waals surface area contributed by atoms with Crippen molar-refractivity contribution < 1.29 is 19.1 Å². The average molecular weight is 641 g/mol. The highest BCUT2D eigenvalue weighted by Gasteiger charge is 2.51. The Kier molecular flexibility index (Phi) is 6.92. The predicted octanol–water partition coefficient (Wildman–Crippen LogP) is 11.8. The Morgan fingerprint density at radius 1 is 0.479 bits per heavy atom. The number of fused-ring (bicyclic) bond motifs is 8. The van der Waals surface area contributed by atoms with Crippen LogP contribution in [0.4, 0.5) is 0 Å². The molecule has 11 rings (SSSR count). The van der Waals surface area contributed by atoms with Crippen molar-refractivity contribution in [2.24, 2.45) is 10.8 Å². The highest BCUT2D eigenvalue weighted by atomic mass is 16.6. The average Bonchev–Trinajstić information content (AvgIpc) is 3.12. The SMILES string of the molecule is CCCC12CCC(OC(=O)c3ccc4c5cccc6c(C(=O)OC78CCC(CCC)(CC7)CC8)ccc(c7cccc3c74)c65)(CC1)CC2. The fourth-order valence-corrected chi connectivity index (χ4v) is 11.1. The second kappa shape index (κ2) is 10.9. The molecule has 0 aromatic heterocycles. The maximum Gasteiger partial charge on any atom is 0.339 e. The van der Waals surface area contributed by atoms with Crippen LogP contribution in [0.5, 0.6) is 0 Å². The summed E-state index contributed by atoms with van der Waals surface area (Å²) in [5.74, 6) is -0.384. The predicted molar refractivity (Wildman–Crippen MR) is 194 cm³/mol. The summed E-state index contributed by atoms with van der Waals surface area (Å²) in [6, 6.07) is 20.7. The molecule has 6 fully saturated rings. The molecule has 0 aliphatic heterocycles. The zero-order chi connectivity index (χ0) is 32.7. The van der Waals surface area contributed by atoms with Gasteiger partial charge in [-0.25, -0.2) is 9.59 Å². The van der Waals surface area contributed by atoms with Gasteiger partial charge in [-0.3, -0.25) is 0 Å². The van der Waals surface area contributed by atoms with Crippen molar-refractivity contribution >= 4 is 55.0 Å². The summed E-state index contributed by atoms with van der Waals surface area (Å²) in [6.07, 6.45) is 18.0. The number of esters is 2. The molecule has 0 saturated heterocycles. The lowest BCUT2D eigenvalue weighted by Crippen LogP contribution is -2.48. The van der Waals surface area contributed by atoms with E-state index in [1.807, 2.05) is 12.1 Å². The summed E-state index contributed by atoms with van der Waals surface area (Å²) in [6.45, 7) is 4.58. The smallest absolute Gasteiger partial charge is 0.339 e. The fraction of sp³-hybridized carbons (Fsp3) is 0.500. The van der Waals surface area contributed by atoms with Crippen molar-refractivity contribution in [3.8, 4) is 0 Å². The quantitative estimate of drug-likeness (QED) is 0.0962. The number of benzene rings is 5. The minimum atomic E-state index is -0.317. The van der Waals surface area contributed by atoms with Crippen molar-refractivity contribution in [3.63, 3.8) is 0 Å². The molecule has 4 bridgehead atoms. The highest BCUT2D eigenvalue weighted by molar-refractivity contribution is 6.35. The van der Waals surface area contributed by atoms with Gasteiger partial charge in [0.15, 0.2) is 0 Å². The molecule has 4 nitrogen and oxygen atoms in total. The summed E-state index contributed by atoms with van der Waals surface area (Å²) in [5, 5.41) is 8.47. The Bertz CT molecular complexity index is 1870. The number of hydrogen-bond acceptors (Lipinski definition) is 4. The van der Waals surface area contributed by atoms with E-state index < -0.39 is 0 Å². The summed E-state index contributed by atoms with van der Waals surface area (Å²) in [7, 11) is 0. The molecular formula is C44H48O4. The minimum Gasteiger partial charge on any atom is -0.455 e. The zero-order valence-electron chi connectivity index (χ0n) is 28.7. The lowest BCUT2D eigenvalue weighted by Gasteiger charge is -2.52. The van der Waals surface area contributed by atoms with Crippen LogP contribution in [0.2, 0.25) is 0 Å². The molecule has 5 aromatic carbocycles. The van der Waals surface area contributed by atoms with E-state index in [0.717, 1.165) is 81.6 Å². The maximum atomic E-state index is 14.0. The first kappa shape index (κ1) is 30.4. The molecular weight excluding hydrogens is 592 g/mol. The first-order chi connectivity index (χ1) is 23.3. The second-order valence-corrected chi connectivity index (χ2v) is 16.4. The Labute approximate surface area is 283 Å². The first-order valence-corrected chi connectivity index (χ1v) is 18.9. The van der Waals surface area contributed by atoms with E-state index in [-0.39, 0.29) is 23.1 Å². The van der Waals surface area contributed by atoms with Gasteiger partial charge < -0.3 is 9.47 Å². The van der Waals surface area contributed by atoms with E-state index in [1.165, 1.54) is 64.2 Å². The van der Waals surface area contributed by atoms with Gasteiger partial charge in [-0.1, -0.05) is 75.2 Å². The monoisotopic (exact) mass is 640 g/mol. The van der Waals surface area contributed by atoms with Crippen LogP contribution < -0.4 is 0 Å². The van der Waals surface area contributed by atoms with Gasteiger partial charge in [0.2, 0.25) is 0 Å². The van der Waals surface area contributed by atoms with E-state index >= 15 is 0 Å². The van der Waals surface area contributed by atoms with E-state index in [9.17, 15) is 9.59 Å². The lowest BCUT2D eigenvalue weighted by atomic mass is 9.57. The van der Waals surface area contributed by atoms with Crippen LogP contribution in [0.15, 0.2) is 60.7 Å². The van der Waals surface area contributed by atoms with Gasteiger partial charge in [0.1, 0.15) is 11.2 Å². The van der Waals surface area contributed by atoms with E-state index in [2.05, 4.69) is 62.4 Å². The topological polar surface area (TPSA) is 52.6 Å². The van der Waals surface area contributed by atoms with Gasteiger partial charge in [0, 0.05) is 0 Å². The minimum absolute atomic E-state index is 0.192. The van der Waals surface area contributed by atoms with E-state index in [0.29, 0.717) is 22.0 Å². The van der Waals surface area contributed by atoms with Gasteiger partial charge in [0.25, 0.3) is 0 Å². The molecule has 48 heavy (non-hydrogen) atoms. The fourth-order valence-electron chi connectivity index (χ4n) is 11.1. The van der Waals surface area contributed by atoms with Crippen LogP contribution in [0.25, 0.3) is 43.1 Å². The normalized spacial score (nSPS) is 29.7. The molecule has 6 aliphatic carbocycles. The maximum absolute atomic E-state index is 14.0. The molecule has 6 aliphatic rings. The summed E-state index contributed by atoms with van der Waals surface area (Å²) < 4.78 is 13.0. The Balaban J connectivity index is 1.07. The van der Waals surface area contributed by atoms with Gasteiger partial charge >= 0.3 is 11.9 Å². The molecule has 248 valence electrons. The van der Waals surface area contributed by atoms with Gasteiger partial charge in [0.05, 0.1) is 11.1 Å². The van der Waals surface area contributed by atoms with Gasteiger partial charge in [-0.15, -0.1) is 0 Å². The molecule has 0 atom stereocenters. The van der Waals surface area contributed by atoms with Crippen molar-refractivity contribution in [1.82, 2.24) is 0 Å². The third kappa shape index (κ3) is 4.53. The van der Waals surface area contributed by atoms with Crippen LogP contribution in [-0.2, 0) is 9.47 Å². The molecule has 0 spiro atoms. The molecule has 0 N–H and O–H groups in total. The number of carbonyl (C=O) groups excluding carboxylic acids is 2. The van der Waals surface area contributed by atoms with Crippen LogP contribution in [-0.4, -0.2) is 23.1 Å². The summed E-state index contributed by atoms with van der Waals surface area (Å²) in [5.41, 5.74) is 1.62. The van der Waals surface area contributed by atoms with Crippen LogP contribution in [0.1, 0.15) is 137 Å². The Morgan fingerprint density at radius 2 is 0.812 bits per heavy atom.